The monoisotopic (exact) mass is 295 g/mol. The summed E-state index contributed by atoms with van der Waals surface area (Å²) in [5.41, 5.74) is 0.406. The van der Waals surface area contributed by atoms with Crippen LogP contribution in [0.3, 0.4) is 0 Å². The molecule has 4 heteroatoms. The Morgan fingerprint density at radius 1 is 1.19 bits per heavy atom. The van der Waals surface area contributed by atoms with Crippen LogP contribution in [0.1, 0.15) is 44.9 Å². The van der Waals surface area contributed by atoms with E-state index in [1.807, 2.05) is 0 Å². The molecule has 3 unspecified atom stereocenters. The van der Waals surface area contributed by atoms with Crippen LogP contribution < -0.4 is 10.6 Å². The van der Waals surface area contributed by atoms with Crippen LogP contribution in [0.25, 0.3) is 0 Å². The van der Waals surface area contributed by atoms with Gasteiger partial charge in [-0.25, -0.2) is 0 Å². The van der Waals surface area contributed by atoms with E-state index in [1.165, 1.54) is 44.9 Å². The van der Waals surface area contributed by atoms with E-state index < -0.39 is 0 Å². The van der Waals surface area contributed by atoms with Crippen molar-refractivity contribution in [2.45, 2.75) is 62.6 Å². The van der Waals surface area contributed by atoms with Crippen LogP contribution in [-0.4, -0.2) is 62.9 Å². The predicted octanol–water partition coefficient (Wildman–Crippen LogP) is 1.61. The van der Waals surface area contributed by atoms with Crippen LogP contribution in [-0.2, 0) is 4.74 Å². The Hall–Kier alpha value is -0.160. The molecule has 3 aliphatic rings. The number of morpholine rings is 1. The molecule has 3 rings (SSSR count). The molecule has 2 saturated carbocycles. The molecule has 4 nitrogen and oxygen atoms in total. The second-order valence-electron chi connectivity index (χ2n) is 7.54. The van der Waals surface area contributed by atoms with Gasteiger partial charge in [-0.3, -0.25) is 0 Å². The first-order valence-electron chi connectivity index (χ1n) is 8.93. The highest BCUT2D eigenvalue weighted by atomic mass is 16.5. The molecule has 2 aliphatic carbocycles. The first kappa shape index (κ1) is 15.7. The highest BCUT2D eigenvalue weighted by molar-refractivity contribution is 4.98. The summed E-state index contributed by atoms with van der Waals surface area (Å²) >= 11 is 0. The molecule has 21 heavy (non-hydrogen) atoms. The molecule has 0 spiro atoms. The zero-order valence-electron chi connectivity index (χ0n) is 13.9. The number of hydrogen-bond acceptors (Lipinski definition) is 4. The summed E-state index contributed by atoms with van der Waals surface area (Å²) in [6.07, 6.45) is 9.57. The lowest BCUT2D eigenvalue weighted by Gasteiger charge is -2.39. The van der Waals surface area contributed by atoms with Gasteiger partial charge in [0.25, 0.3) is 0 Å². The van der Waals surface area contributed by atoms with Crippen molar-refractivity contribution in [2.24, 2.45) is 5.92 Å². The van der Waals surface area contributed by atoms with Gasteiger partial charge < -0.3 is 20.3 Å². The van der Waals surface area contributed by atoms with Gasteiger partial charge in [0.05, 0.1) is 13.2 Å². The van der Waals surface area contributed by atoms with Crippen molar-refractivity contribution >= 4 is 0 Å². The van der Waals surface area contributed by atoms with Crippen LogP contribution in [0.15, 0.2) is 0 Å². The van der Waals surface area contributed by atoms with Crippen LogP contribution >= 0.6 is 0 Å². The molecule has 0 aromatic heterocycles. The predicted molar refractivity (Wildman–Crippen MR) is 86.6 cm³/mol. The van der Waals surface area contributed by atoms with E-state index in [9.17, 15) is 0 Å². The van der Waals surface area contributed by atoms with Crippen LogP contribution in [0.4, 0.5) is 0 Å². The molecule has 0 aromatic carbocycles. The van der Waals surface area contributed by atoms with Gasteiger partial charge in [-0.2, -0.15) is 0 Å². The summed E-state index contributed by atoms with van der Waals surface area (Å²) in [5.74, 6) is 0.755. The first-order chi connectivity index (χ1) is 10.2. The Kier molecular flexibility index (Phi) is 5.20. The zero-order valence-corrected chi connectivity index (χ0v) is 13.9. The number of hydrogen-bond donors (Lipinski definition) is 2. The number of nitrogens with one attached hydrogen (secondary N) is 2. The highest BCUT2D eigenvalue weighted by Crippen LogP contribution is 2.35. The van der Waals surface area contributed by atoms with Crippen molar-refractivity contribution in [3.05, 3.63) is 0 Å². The summed E-state index contributed by atoms with van der Waals surface area (Å²) in [7, 11) is 4.52. The molecule has 2 N–H and O–H groups in total. The summed E-state index contributed by atoms with van der Waals surface area (Å²) < 4.78 is 5.68. The van der Waals surface area contributed by atoms with E-state index >= 15 is 0 Å². The largest absolute Gasteiger partial charge is 0.379 e. The third kappa shape index (κ3) is 3.44. The van der Waals surface area contributed by atoms with Gasteiger partial charge in [0.2, 0.25) is 0 Å². The number of likely N-dealkylation sites (N-methyl/N-ethyl adjacent to an activating group) is 1. The van der Waals surface area contributed by atoms with Gasteiger partial charge in [-0.15, -0.1) is 0 Å². The van der Waals surface area contributed by atoms with Crippen molar-refractivity contribution in [2.75, 3.05) is 40.4 Å². The highest BCUT2D eigenvalue weighted by Gasteiger charge is 2.39. The fourth-order valence-corrected chi connectivity index (χ4v) is 4.72. The lowest BCUT2D eigenvalue weighted by atomic mass is 9.91. The van der Waals surface area contributed by atoms with Gasteiger partial charge in [0.15, 0.2) is 0 Å². The Morgan fingerprint density at radius 2 is 2.00 bits per heavy atom. The lowest BCUT2D eigenvalue weighted by Crippen LogP contribution is -2.55. The fraction of sp³-hybridized carbons (Fsp3) is 1.00. The second kappa shape index (κ2) is 6.95. The number of nitrogens with zero attached hydrogens (tertiary/aromatic N) is 1. The third-order valence-electron chi connectivity index (χ3n) is 6.21. The van der Waals surface area contributed by atoms with E-state index in [1.54, 1.807) is 0 Å². The van der Waals surface area contributed by atoms with E-state index in [0.29, 0.717) is 17.6 Å². The van der Waals surface area contributed by atoms with Gasteiger partial charge >= 0.3 is 0 Å². The van der Waals surface area contributed by atoms with Gasteiger partial charge in [-0.1, -0.05) is 19.3 Å². The van der Waals surface area contributed by atoms with Crippen LogP contribution in [0.5, 0.6) is 0 Å². The molecule has 0 bridgehead atoms. The molecule has 3 fully saturated rings. The second-order valence-corrected chi connectivity index (χ2v) is 7.54. The Bertz CT molecular complexity index is 322. The molecule has 0 aromatic rings. The van der Waals surface area contributed by atoms with Crippen molar-refractivity contribution in [1.82, 2.24) is 15.5 Å². The average molecular weight is 295 g/mol. The molecule has 1 aliphatic heterocycles. The fourth-order valence-electron chi connectivity index (χ4n) is 4.72. The maximum absolute atomic E-state index is 5.68. The van der Waals surface area contributed by atoms with E-state index in [-0.39, 0.29) is 0 Å². The van der Waals surface area contributed by atoms with Crippen LogP contribution in [0, 0.1) is 5.92 Å². The first-order valence-corrected chi connectivity index (χ1v) is 8.93. The summed E-state index contributed by atoms with van der Waals surface area (Å²) in [6.45, 7) is 3.97. The zero-order chi connectivity index (χ0) is 14.7. The summed E-state index contributed by atoms with van der Waals surface area (Å²) in [4.78, 5) is 2.47. The van der Waals surface area contributed by atoms with Crippen molar-refractivity contribution in [1.29, 1.82) is 0 Å². The molecule has 122 valence electrons. The molecular weight excluding hydrogens is 262 g/mol. The minimum absolute atomic E-state index is 0.406. The third-order valence-corrected chi connectivity index (χ3v) is 6.21. The van der Waals surface area contributed by atoms with Crippen molar-refractivity contribution in [3.8, 4) is 0 Å². The lowest BCUT2D eigenvalue weighted by molar-refractivity contribution is 0.0507. The number of ether oxygens (including phenoxy) is 1. The summed E-state index contributed by atoms with van der Waals surface area (Å²) in [5, 5.41) is 7.63. The van der Waals surface area contributed by atoms with Crippen molar-refractivity contribution < 1.29 is 4.74 Å². The molecule has 3 atom stereocenters. The van der Waals surface area contributed by atoms with Crippen LogP contribution in [0.2, 0.25) is 0 Å². The quantitative estimate of drug-likeness (QED) is 0.808. The number of rotatable bonds is 5. The maximum Gasteiger partial charge on any atom is 0.0623 e. The molecule has 0 amide bonds. The van der Waals surface area contributed by atoms with Crippen molar-refractivity contribution in [3.63, 3.8) is 0 Å². The Morgan fingerprint density at radius 3 is 2.67 bits per heavy atom. The Balaban J connectivity index is 1.55. The van der Waals surface area contributed by atoms with Gasteiger partial charge in [0.1, 0.15) is 0 Å². The normalized spacial score (nSPS) is 36.4. The maximum atomic E-state index is 5.68. The molecule has 1 saturated heterocycles. The molecule has 1 heterocycles. The SMILES string of the molecule is CN(C)C1(CNC2CCCC2C2COCCN2)CCCC1. The van der Waals surface area contributed by atoms with E-state index in [4.69, 9.17) is 4.74 Å². The minimum atomic E-state index is 0.406. The molecule has 0 radical (unpaired) electrons. The Labute approximate surface area is 130 Å². The smallest absolute Gasteiger partial charge is 0.0623 e. The standard InChI is InChI=1S/C17H33N3O/c1-20(2)17(8-3-4-9-17)13-19-15-7-5-6-14(15)16-12-21-11-10-18-16/h14-16,18-19H,3-13H2,1-2H3. The van der Waals surface area contributed by atoms with E-state index in [2.05, 4.69) is 29.6 Å². The molecular formula is C17H33N3O. The van der Waals surface area contributed by atoms with E-state index in [0.717, 1.165) is 32.2 Å². The average Bonchev–Trinajstić information content (AvgIpc) is 3.16. The van der Waals surface area contributed by atoms with Gasteiger partial charge in [-0.05, 0) is 45.7 Å². The summed E-state index contributed by atoms with van der Waals surface area (Å²) in [6, 6.07) is 1.25. The minimum Gasteiger partial charge on any atom is -0.379 e. The van der Waals surface area contributed by atoms with Gasteiger partial charge in [0, 0.05) is 30.7 Å². The topological polar surface area (TPSA) is 36.5 Å².